The van der Waals surface area contributed by atoms with Crippen LogP contribution in [-0.2, 0) is 0 Å². The highest BCUT2D eigenvalue weighted by molar-refractivity contribution is 7.14. The van der Waals surface area contributed by atoms with E-state index in [1.807, 2.05) is 29.0 Å². The topological polar surface area (TPSA) is 36.7 Å². The van der Waals surface area contributed by atoms with Crippen LogP contribution in [0, 0.1) is 11.3 Å². The molecule has 0 aliphatic rings. The van der Waals surface area contributed by atoms with Crippen LogP contribution in [0.2, 0.25) is 0 Å². The van der Waals surface area contributed by atoms with E-state index in [0.717, 1.165) is 21.8 Å². The van der Waals surface area contributed by atoms with Crippen molar-refractivity contribution in [3.05, 3.63) is 52.0 Å². The van der Waals surface area contributed by atoms with Crippen LogP contribution in [-0.4, -0.2) is 4.98 Å². The lowest BCUT2D eigenvalue weighted by molar-refractivity contribution is 1.40. The van der Waals surface area contributed by atoms with E-state index in [1.165, 1.54) is 0 Å². The summed E-state index contributed by atoms with van der Waals surface area (Å²) in [7, 11) is 0. The minimum absolute atomic E-state index is 0.664. The Hall–Kier alpha value is -1.96. The Bertz CT molecular complexity index is 705. The Kier molecular flexibility index (Phi) is 2.93. The molecule has 18 heavy (non-hydrogen) atoms. The number of nitrogens with zero attached hydrogens (tertiary/aromatic N) is 2. The van der Waals surface area contributed by atoms with Gasteiger partial charge in [-0.25, -0.2) is 4.98 Å². The minimum Gasteiger partial charge on any atom is -0.236 e. The van der Waals surface area contributed by atoms with Crippen LogP contribution < -0.4 is 0 Å². The number of nitriles is 1. The van der Waals surface area contributed by atoms with Crippen molar-refractivity contribution < 1.29 is 0 Å². The van der Waals surface area contributed by atoms with Gasteiger partial charge in [0.25, 0.3) is 0 Å². The predicted octanol–water partition coefficient (Wildman–Crippen LogP) is 4.41. The van der Waals surface area contributed by atoms with Gasteiger partial charge in [0, 0.05) is 21.9 Å². The zero-order valence-electron chi connectivity index (χ0n) is 9.33. The van der Waals surface area contributed by atoms with Gasteiger partial charge < -0.3 is 0 Å². The molecule has 0 saturated carbocycles. The molecule has 0 atom stereocenters. The third-order valence-electron chi connectivity index (χ3n) is 2.56. The molecular weight excluding hydrogens is 260 g/mol. The number of hydrogen-bond acceptors (Lipinski definition) is 4. The highest BCUT2D eigenvalue weighted by atomic mass is 32.1. The maximum atomic E-state index is 8.90. The molecule has 0 unspecified atom stereocenters. The first-order valence-electron chi connectivity index (χ1n) is 5.35. The molecule has 2 nitrogen and oxygen atoms in total. The van der Waals surface area contributed by atoms with Gasteiger partial charge in [0.1, 0.15) is 5.01 Å². The van der Waals surface area contributed by atoms with Crippen molar-refractivity contribution in [1.29, 1.82) is 5.26 Å². The van der Waals surface area contributed by atoms with E-state index in [4.69, 9.17) is 5.26 Å². The molecule has 0 aliphatic carbocycles. The summed E-state index contributed by atoms with van der Waals surface area (Å²) >= 11 is 3.30. The molecule has 0 saturated heterocycles. The standard InChI is InChI=1S/C14H8N2S2/c15-7-10-2-1-3-11(6-10)13-9-18-14(16-13)12-4-5-17-8-12/h1-6,8-9H. The first-order valence-corrected chi connectivity index (χ1v) is 7.18. The average Bonchev–Trinajstić information content (AvgIpc) is 3.09. The Labute approximate surface area is 113 Å². The van der Waals surface area contributed by atoms with Crippen molar-refractivity contribution in [3.8, 4) is 27.9 Å². The number of thiophene rings is 1. The molecule has 0 aliphatic heterocycles. The number of thiazole rings is 1. The van der Waals surface area contributed by atoms with Crippen LogP contribution in [0.1, 0.15) is 5.56 Å². The molecule has 0 spiro atoms. The third kappa shape index (κ3) is 2.06. The summed E-state index contributed by atoms with van der Waals surface area (Å²) in [6, 6.07) is 11.8. The molecule has 4 heteroatoms. The lowest BCUT2D eigenvalue weighted by Crippen LogP contribution is -1.80. The highest BCUT2D eigenvalue weighted by Gasteiger charge is 2.07. The molecule has 0 bridgehead atoms. The summed E-state index contributed by atoms with van der Waals surface area (Å²) in [6.07, 6.45) is 0. The van der Waals surface area contributed by atoms with Gasteiger partial charge in [0.2, 0.25) is 0 Å². The molecule has 0 radical (unpaired) electrons. The molecule has 3 rings (SSSR count). The summed E-state index contributed by atoms with van der Waals surface area (Å²) in [5, 5.41) is 16.1. The van der Waals surface area contributed by atoms with Gasteiger partial charge in [0.15, 0.2) is 0 Å². The van der Waals surface area contributed by atoms with Gasteiger partial charge in [-0.3, -0.25) is 0 Å². The van der Waals surface area contributed by atoms with Crippen molar-refractivity contribution in [1.82, 2.24) is 4.98 Å². The Morgan fingerprint density at radius 1 is 1.11 bits per heavy atom. The predicted molar refractivity (Wildman–Crippen MR) is 75.6 cm³/mol. The summed E-state index contributed by atoms with van der Waals surface area (Å²) in [5.74, 6) is 0. The normalized spacial score (nSPS) is 10.2. The van der Waals surface area contributed by atoms with Crippen molar-refractivity contribution >= 4 is 22.7 Å². The van der Waals surface area contributed by atoms with E-state index in [1.54, 1.807) is 28.7 Å². The Morgan fingerprint density at radius 2 is 2.06 bits per heavy atom. The fourth-order valence-corrected chi connectivity index (χ4v) is 3.21. The number of hydrogen-bond donors (Lipinski definition) is 0. The van der Waals surface area contributed by atoms with Crippen molar-refractivity contribution in [2.24, 2.45) is 0 Å². The van der Waals surface area contributed by atoms with Crippen LogP contribution in [0.25, 0.3) is 21.8 Å². The average molecular weight is 268 g/mol. The van der Waals surface area contributed by atoms with E-state index in [2.05, 4.69) is 22.5 Å². The molecule has 0 fully saturated rings. The SMILES string of the molecule is N#Cc1cccc(-c2csc(-c3ccsc3)n2)c1. The van der Waals surface area contributed by atoms with Gasteiger partial charge in [-0.15, -0.1) is 11.3 Å². The second-order valence-electron chi connectivity index (χ2n) is 3.74. The lowest BCUT2D eigenvalue weighted by atomic mass is 10.1. The fourth-order valence-electron chi connectivity index (χ4n) is 1.67. The van der Waals surface area contributed by atoms with Gasteiger partial charge in [-0.1, -0.05) is 12.1 Å². The number of benzene rings is 1. The summed E-state index contributed by atoms with van der Waals surface area (Å²) < 4.78 is 0. The fraction of sp³-hybridized carbons (Fsp3) is 0. The largest absolute Gasteiger partial charge is 0.236 e. The van der Waals surface area contributed by atoms with E-state index in [0.29, 0.717) is 5.56 Å². The first-order chi connectivity index (χ1) is 8.86. The smallest absolute Gasteiger partial charge is 0.124 e. The Morgan fingerprint density at radius 3 is 2.83 bits per heavy atom. The lowest BCUT2D eigenvalue weighted by Gasteiger charge is -1.96. The quantitative estimate of drug-likeness (QED) is 0.690. The molecule has 86 valence electrons. The zero-order valence-corrected chi connectivity index (χ0v) is 11.0. The van der Waals surface area contributed by atoms with Crippen LogP contribution in [0.15, 0.2) is 46.5 Å². The van der Waals surface area contributed by atoms with Crippen molar-refractivity contribution in [2.45, 2.75) is 0 Å². The maximum Gasteiger partial charge on any atom is 0.124 e. The molecule has 0 N–H and O–H groups in total. The van der Waals surface area contributed by atoms with Crippen molar-refractivity contribution in [3.63, 3.8) is 0 Å². The second kappa shape index (κ2) is 4.73. The number of aromatic nitrogens is 1. The number of rotatable bonds is 2. The van der Waals surface area contributed by atoms with Crippen LogP contribution in [0.3, 0.4) is 0 Å². The third-order valence-corrected chi connectivity index (χ3v) is 4.13. The van der Waals surface area contributed by atoms with E-state index in [-0.39, 0.29) is 0 Å². The molecular formula is C14H8N2S2. The highest BCUT2D eigenvalue weighted by Crippen LogP contribution is 2.30. The van der Waals surface area contributed by atoms with Crippen molar-refractivity contribution in [2.75, 3.05) is 0 Å². The monoisotopic (exact) mass is 268 g/mol. The van der Waals surface area contributed by atoms with Crippen LogP contribution in [0.5, 0.6) is 0 Å². The summed E-state index contributed by atoms with van der Waals surface area (Å²) in [4.78, 5) is 4.61. The summed E-state index contributed by atoms with van der Waals surface area (Å²) in [5.41, 5.74) is 3.75. The van der Waals surface area contributed by atoms with Gasteiger partial charge in [-0.2, -0.15) is 16.6 Å². The molecule has 2 aromatic heterocycles. The zero-order chi connectivity index (χ0) is 12.4. The van der Waals surface area contributed by atoms with E-state index < -0.39 is 0 Å². The van der Waals surface area contributed by atoms with Gasteiger partial charge in [0.05, 0.1) is 17.3 Å². The molecule has 0 amide bonds. The van der Waals surface area contributed by atoms with Gasteiger partial charge >= 0.3 is 0 Å². The van der Waals surface area contributed by atoms with Gasteiger partial charge in [-0.05, 0) is 23.6 Å². The van der Waals surface area contributed by atoms with E-state index in [9.17, 15) is 0 Å². The maximum absolute atomic E-state index is 8.90. The molecule has 3 aromatic rings. The van der Waals surface area contributed by atoms with Crippen LogP contribution in [0.4, 0.5) is 0 Å². The first kappa shape index (κ1) is 11.1. The van der Waals surface area contributed by atoms with Crippen LogP contribution >= 0.6 is 22.7 Å². The second-order valence-corrected chi connectivity index (χ2v) is 5.38. The molecule has 1 aromatic carbocycles. The Balaban J connectivity index is 2.01. The minimum atomic E-state index is 0.664. The summed E-state index contributed by atoms with van der Waals surface area (Å²) in [6.45, 7) is 0. The molecule has 2 heterocycles. The van der Waals surface area contributed by atoms with E-state index >= 15 is 0 Å².